The molecule has 4 saturated heterocycles. The van der Waals surface area contributed by atoms with Crippen molar-refractivity contribution >= 4 is 34.7 Å². The van der Waals surface area contributed by atoms with E-state index in [4.69, 9.17) is 33.2 Å². The molecule has 4 heterocycles. The molecule has 0 radical (unpaired) electrons. The first-order valence-electron chi connectivity index (χ1n) is 25.1. The van der Waals surface area contributed by atoms with Crippen molar-refractivity contribution in [2.24, 2.45) is 0 Å². The number of rotatable bonds is 22. The monoisotopic (exact) mass is 970 g/mol. The van der Waals surface area contributed by atoms with Gasteiger partial charge in [0, 0.05) is 127 Å². The van der Waals surface area contributed by atoms with E-state index < -0.39 is 11.9 Å². The van der Waals surface area contributed by atoms with Gasteiger partial charge in [-0.15, -0.1) is 0 Å². The molecule has 70 heavy (non-hydrogen) atoms. The van der Waals surface area contributed by atoms with Crippen LogP contribution in [0.3, 0.4) is 0 Å². The van der Waals surface area contributed by atoms with E-state index in [0.29, 0.717) is 114 Å². The largest absolute Gasteiger partial charge is 0.494 e. The predicted octanol–water partition coefficient (Wildman–Crippen LogP) is 9.30. The zero-order chi connectivity index (χ0) is 49.0. The summed E-state index contributed by atoms with van der Waals surface area (Å²) in [6.07, 6.45) is 5.35. The highest BCUT2D eigenvalue weighted by molar-refractivity contribution is 5.76. The van der Waals surface area contributed by atoms with E-state index in [1.807, 2.05) is 60.0 Å². The maximum atomic E-state index is 15.0. The minimum absolute atomic E-state index is 0.00607. The van der Waals surface area contributed by atoms with Crippen LogP contribution in [0, 0.1) is 11.6 Å². The van der Waals surface area contributed by atoms with Crippen LogP contribution >= 0.6 is 0 Å². The third kappa shape index (κ3) is 13.0. The molecule has 4 aromatic carbocycles. The summed E-state index contributed by atoms with van der Waals surface area (Å²) in [6, 6.07) is 22.7. The Morgan fingerprint density at radius 3 is 1.83 bits per heavy atom. The highest BCUT2D eigenvalue weighted by Gasteiger charge is 2.36. The summed E-state index contributed by atoms with van der Waals surface area (Å²) in [4.78, 5) is 34.4. The van der Waals surface area contributed by atoms with Gasteiger partial charge in [-0.25, -0.2) is 8.78 Å². The zero-order valence-electron chi connectivity index (χ0n) is 40.7. The van der Waals surface area contributed by atoms with Crippen LogP contribution < -0.4 is 43.3 Å². The summed E-state index contributed by atoms with van der Waals surface area (Å²) in [5.74, 6) is 0.822. The van der Waals surface area contributed by atoms with E-state index in [9.17, 15) is 23.5 Å². The number of hydrogen-bond acceptors (Lipinski definition) is 13. The van der Waals surface area contributed by atoms with Gasteiger partial charge >= 0.3 is 11.9 Å². The second-order valence-corrected chi connectivity index (χ2v) is 18.5. The molecule has 1 N–H and O–H groups in total. The fourth-order valence-electron chi connectivity index (χ4n) is 10.3. The van der Waals surface area contributed by atoms with Crippen LogP contribution in [0.25, 0.3) is 0 Å². The lowest BCUT2D eigenvalue weighted by Gasteiger charge is -2.34. The van der Waals surface area contributed by atoms with Crippen molar-refractivity contribution in [1.82, 2.24) is 0 Å². The highest BCUT2D eigenvalue weighted by Crippen LogP contribution is 2.39. The molecule has 0 bridgehead atoms. The molecule has 0 amide bonds. The number of carbonyl (C=O) groups excluding carboxylic acids is 1. The second kappa shape index (κ2) is 24.2. The smallest absolute Gasteiger partial charge is 0.313 e. The summed E-state index contributed by atoms with van der Waals surface area (Å²) in [5.41, 5.74) is 2.72. The second-order valence-electron chi connectivity index (χ2n) is 18.5. The van der Waals surface area contributed by atoms with Gasteiger partial charge in [0.25, 0.3) is 0 Å². The first-order valence-corrected chi connectivity index (χ1v) is 25.1. The predicted molar refractivity (Wildman–Crippen MR) is 265 cm³/mol. The summed E-state index contributed by atoms with van der Waals surface area (Å²) in [6.45, 7) is 9.59. The van der Waals surface area contributed by atoms with Crippen LogP contribution in [0.1, 0.15) is 78.1 Å². The van der Waals surface area contributed by atoms with Gasteiger partial charge in [0.15, 0.2) is 11.5 Å². The average Bonchev–Trinajstić information content (AvgIpc) is 3.99. The van der Waals surface area contributed by atoms with Crippen LogP contribution in [0.4, 0.5) is 31.5 Å². The van der Waals surface area contributed by atoms with Crippen molar-refractivity contribution in [3.63, 3.8) is 0 Å². The SMILES string of the molecule is CCOc1ccc(F)c(N2CCC(Oc3ccc(N4C[C@H](OCCCOC)C[C@@H]4CC(=O)Oc4cc(N5CCC[C@@H]5CC(=O)O)ccc4OC4CCN(c5cc(OCC)ccc5F)CC4)cc3)CC2)c1. The molecule has 16 heteroatoms. The summed E-state index contributed by atoms with van der Waals surface area (Å²) in [7, 11) is 1.67. The van der Waals surface area contributed by atoms with E-state index >= 15 is 0 Å². The Morgan fingerprint density at radius 1 is 0.629 bits per heavy atom. The molecule has 0 saturated carbocycles. The van der Waals surface area contributed by atoms with Gasteiger partial charge in [0.1, 0.15) is 41.1 Å². The minimum atomic E-state index is -0.862. The number of hydrogen-bond donors (Lipinski definition) is 1. The summed E-state index contributed by atoms with van der Waals surface area (Å²) >= 11 is 0. The number of piperidine rings is 2. The molecule has 0 unspecified atom stereocenters. The Balaban J connectivity index is 0.942. The number of halogens is 2. The molecule has 4 aromatic rings. The maximum absolute atomic E-state index is 15.0. The molecule has 8 rings (SSSR count). The Kier molecular flexibility index (Phi) is 17.4. The van der Waals surface area contributed by atoms with E-state index in [2.05, 4.69) is 9.80 Å². The zero-order valence-corrected chi connectivity index (χ0v) is 40.7. The number of carboxylic acids is 1. The van der Waals surface area contributed by atoms with Crippen LogP contribution in [-0.4, -0.2) is 120 Å². The van der Waals surface area contributed by atoms with Gasteiger partial charge in [-0.3, -0.25) is 9.59 Å². The van der Waals surface area contributed by atoms with Crippen LogP contribution in [0.5, 0.6) is 28.7 Å². The first-order chi connectivity index (χ1) is 34.1. The Morgan fingerprint density at radius 2 is 1.23 bits per heavy atom. The molecule has 4 aliphatic heterocycles. The van der Waals surface area contributed by atoms with Crippen molar-refractivity contribution in [1.29, 1.82) is 0 Å². The fraction of sp³-hybridized carbons (Fsp3) is 0.519. The maximum Gasteiger partial charge on any atom is 0.313 e. The third-order valence-electron chi connectivity index (χ3n) is 13.7. The van der Waals surface area contributed by atoms with Gasteiger partial charge < -0.3 is 57.9 Å². The molecule has 4 aliphatic rings. The summed E-state index contributed by atoms with van der Waals surface area (Å²) in [5, 5.41) is 9.67. The van der Waals surface area contributed by atoms with Crippen molar-refractivity contribution in [2.45, 2.75) is 108 Å². The van der Waals surface area contributed by atoms with Crippen molar-refractivity contribution in [3.05, 3.63) is 90.5 Å². The molecular weight excluding hydrogens is 903 g/mol. The van der Waals surface area contributed by atoms with Crippen LogP contribution in [0.2, 0.25) is 0 Å². The molecule has 4 fully saturated rings. The standard InChI is InChI=1S/C54H68F2N4O10/c1-4-65-44-14-16-47(55)49(34-44)57-24-19-42(20-25-57)68-41-12-9-37(10-13-41)60-36-46(67-29-7-28-64-3)30-40(60)33-54(63)70-52-31-39(59-23-6-8-38(59)32-53(61)62)11-18-51(52)69-43-21-26-58(27-22-43)50-35-45(66-5-2)15-17-48(50)56/h9-18,31,34-35,38,40,42-43,46H,4-8,19-30,32-33,36H2,1-3H3,(H,61,62)/t38-,40-,46-/m1/s1. The van der Waals surface area contributed by atoms with E-state index in [0.717, 1.165) is 49.2 Å². The van der Waals surface area contributed by atoms with Gasteiger partial charge in [0.05, 0.1) is 43.5 Å². The van der Waals surface area contributed by atoms with Crippen LogP contribution in [0.15, 0.2) is 78.9 Å². The van der Waals surface area contributed by atoms with Crippen LogP contribution in [-0.2, 0) is 19.1 Å². The lowest BCUT2D eigenvalue weighted by atomic mass is 10.1. The number of esters is 1. The number of ether oxygens (including phenoxy) is 7. The number of aliphatic carboxylic acids is 1. The topological polar surface area (TPSA) is 132 Å². The molecule has 3 atom stereocenters. The van der Waals surface area contributed by atoms with E-state index in [-0.39, 0.29) is 60.6 Å². The van der Waals surface area contributed by atoms with Gasteiger partial charge in [-0.2, -0.15) is 0 Å². The molecule has 14 nitrogen and oxygen atoms in total. The molecule has 0 aromatic heterocycles. The highest BCUT2D eigenvalue weighted by atomic mass is 19.1. The third-order valence-corrected chi connectivity index (χ3v) is 13.7. The molecule has 378 valence electrons. The lowest BCUT2D eigenvalue weighted by Crippen LogP contribution is -2.38. The first kappa shape index (κ1) is 50.4. The number of carboxylic acid groups (broad SMARTS) is 1. The Hall–Kier alpha value is -6.00. The molecule has 0 aliphatic carbocycles. The molecule has 0 spiro atoms. The minimum Gasteiger partial charge on any atom is -0.494 e. The van der Waals surface area contributed by atoms with E-state index in [1.54, 1.807) is 37.4 Å². The Labute approximate surface area is 410 Å². The number of benzene rings is 4. The van der Waals surface area contributed by atoms with Gasteiger partial charge in [-0.1, -0.05) is 0 Å². The molecular formula is C54H68F2N4O10. The van der Waals surface area contributed by atoms with Gasteiger partial charge in [-0.05, 0) is 100 Å². The number of anilines is 4. The lowest BCUT2D eigenvalue weighted by molar-refractivity contribution is -0.137. The van der Waals surface area contributed by atoms with Crippen molar-refractivity contribution < 1.29 is 56.6 Å². The van der Waals surface area contributed by atoms with Gasteiger partial charge in [0.2, 0.25) is 0 Å². The normalized spacial score (nSPS) is 19.9. The van der Waals surface area contributed by atoms with Crippen molar-refractivity contribution in [2.75, 3.05) is 92.4 Å². The number of nitrogens with zero attached hydrogens (tertiary/aromatic N) is 4. The quantitative estimate of drug-likeness (QED) is 0.0456. The number of carbonyl (C=O) groups is 2. The van der Waals surface area contributed by atoms with Crippen molar-refractivity contribution in [3.8, 4) is 28.7 Å². The van der Waals surface area contributed by atoms with E-state index in [1.165, 1.54) is 12.1 Å². The number of methoxy groups -OCH3 is 1. The fourth-order valence-corrected chi connectivity index (χ4v) is 10.3. The Bertz CT molecular complexity index is 2340. The summed E-state index contributed by atoms with van der Waals surface area (Å²) < 4.78 is 71.9. The average molecular weight is 971 g/mol.